The van der Waals surface area contributed by atoms with Crippen LogP contribution >= 0.6 is 0 Å². The number of pyridine rings is 1. The Morgan fingerprint density at radius 1 is 1.26 bits per heavy atom. The predicted octanol–water partition coefficient (Wildman–Crippen LogP) is 4.29. The summed E-state index contributed by atoms with van der Waals surface area (Å²) in [6.07, 6.45) is 6.24. The Morgan fingerprint density at radius 2 is 2.07 bits per heavy atom. The van der Waals surface area contributed by atoms with E-state index in [-0.39, 0.29) is 0 Å². The molecule has 0 aliphatic heterocycles. The van der Waals surface area contributed by atoms with Crippen molar-refractivity contribution in [3.8, 4) is 5.88 Å². The lowest BCUT2D eigenvalue weighted by molar-refractivity contribution is 0.229. The van der Waals surface area contributed by atoms with E-state index in [9.17, 15) is 0 Å². The molecule has 3 rings (SSSR count). The van der Waals surface area contributed by atoms with Gasteiger partial charge in [0.2, 0.25) is 17.7 Å². The normalized spacial score (nSPS) is 22.6. The summed E-state index contributed by atoms with van der Waals surface area (Å²) in [5.74, 6) is 4.20. The highest BCUT2D eigenvalue weighted by molar-refractivity contribution is 5.42. The molecule has 0 unspecified atom stereocenters. The van der Waals surface area contributed by atoms with Crippen molar-refractivity contribution in [3.05, 3.63) is 41.8 Å². The molecule has 0 bridgehead atoms. The maximum Gasteiger partial charge on any atom is 0.217 e. The highest BCUT2D eigenvalue weighted by Crippen LogP contribution is 2.39. The average Bonchev–Trinajstić information content (AvgIpc) is 3.06. The van der Waals surface area contributed by atoms with Crippen LogP contribution in [0.25, 0.3) is 0 Å². The zero-order valence-electron chi connectivity index (χ0n) is 16.9. The summed E-state index contributed by atoms with van der Waals surface area (Å²) in [6, 6.07) is 3.89. The minimum absolute atomic E-state index is 0.469. The van der Waals surface area contributed by atoms with Gasteiger partial charge in [0.15, 0.2) is 0 Å². The lowest BCUT2D eigenvalue weighted by Crippen LogP contribution is -2.32. The molecule has 146 valence electrons. The molecular weight excluding hydrogens is 340 g/mol. The smallest absolute Gasteiger partial charge is 0.217 e. The standard InChI is InChI=1S/C21H30N4O2/c1-13(2)19-9-16(10-21-25-24-15(4)27-21)14(3)8-17(19)11-22-18-6-7-20(26-5)23-12-18/h6-8,12-13,16-17,19,22H,9-11H2,1-5H3/t16-,17+,19+/m1/s1. The number of hydrogen-bond acceptors (Lipinski definition) is 6. The first-order valence-electron chi connectivity index (χ1n) is 9.67. The number of allylic oxidation sites excluding steroid dienone is 1. The molecule has 0 fully saturated rings. The molecule has 2 aromatic rings. The van der Waals surface area contributed by atoms with Crippen LogP contribution in [0.1, 0.15) is 39.0 Å². The van der Waals surface area contributed by atoms with Gasteiger partial charge >= 0.3 is 0 Å². The molecule has 6 heteroatoms. The molecule has 0 aromatic carbocycles. The van der Waals surface area contributed by atoms with Gasteiger partial charge in [0.1, 0.15) is 0 Å². The van der Waals surface area contributed by atoms with E-state index in [1.54, 1.807) is 7.11 Å². The van der Waals surface area contributed by atoms with Crippen LogP contribution in [0.5, 0.6) is 5.88 Å². The Balaban J connectivity index is 1.67. The Bertz CT molecular complexity index is 767. The summed E-state index contributed by atoms with van der Waals surface area (Å²) in [5, 5.41) is 11.7. The second kappa shape index (κ2) is 8.55. The van der Waals surface area contributed by atoms with Crippen LogP contribution in [0, 0.1) is 30.6 Å². The molecule has 0 radical (unpaired) electrons. The molecule has 2 heterocycles. The first-order valence-corrected chi connectivity index (χ1v) is 9.67. The predicted molar refractivity (Wildman–Crippen MR) is 106 cm³/mol. The van der Waals surface area contributed by atoms with Crippen molar-refractivity contribution < 1.29 is 9.15 Å². The van der Waals surface area contributed by atoms with Crippen LogP contribution in [0.4, 0.5) is 5.69 Å². The van der Waals surface area contributed by atoms with Crippen molar-refractivity contribution in [2.75, 3.05) is 19.0 Å². The number of ether oxygens (including phenoxy) is 1. The van der Waals surface area contributed by atoms with Crippen LogP contribution in [0.2, 0.25) is 0 Å². The fraction of sp³-hybridized carbons (Fsp3) is 0.571. The largest absolute Gasteiger partial charge is 0.481 e. The molecule has 1 aliphatic carbocycles. The SMILES string of the molecule is COc1ccc(NC[C@@H]2C=C(C)[C@@H](Cc3nnc(C)o3)C[C@H]2C(C)C)cn1. The first kappa shape index (κ1) is 19.4. The van der Waals surface area contributed by atoms with Gasteiger partial charge in [0.25, 0.3) is 0 Å². The summed E-state index contributed by atoms with van der Waals surface area (Å²) in [5.41, 5.74) is 2.44. The fourth-order valence-corrected chi connectivity index (χ4v) is 3.98. The monoisotopic (exact) mass is 370 g/mol. The van der Waals surface area contributed by atoms with E-state index in [2.05, 4.69) is 47.3 Å². The Kier molecular flexibility index (Phi) is 6.14. The van der Waals surface area contributed by atoms with Gasteiger partial charge < -0.3 is 14.5 Å². The first-order chi connectivity index (χ1) is 13.0. The molecule has 3 atom stereocenters. The molecule has 0 amide bonds. The molecular formula is C21H30N4O2. The van der Waals surface area contributed by atoms with Crippen LogP contribution in [0.15, 0.2) is 34.4 Å². The lowest BCUT2D eigenvalue weighted by Gasteiger charge is -2.37. The third kappa shape index (κ3) is 4.87. The van der Waals surface area contributed by atoms with Crippen LogP contribution in [-0.2, 0) is 6.42 Å². The quantitative estimate of drug-likeness (QED) is 0.733. The van der Waals surface area contributed by atoms with E-state index in [1.165, 1.54) is 5.57 Å². The average molecular weight is 370 g/mol. The second-order valence-electron chi connectivity index (χ2n) is 7.80. The Labute approximate surface area is 161 Å². The number of methoxy groups -OCH3 is 1. The Hall–Kier alpha value is -2.37. The second-order valence-corrected chi connectivity index (χ2v) is 7.80. The third-order valence-electron chi connectivity index (χ3n) is 5.56. The van der Waals surface area contributed by atoms with Gasteiger partial charge in [0, 0.05) is 26.0 Å². The molecule has 27 heavy (non-hydrogen) atoms. The fourth-order valence-electron chi connectivity index (χ4n) is 3.98. The number of nitrogens with one attached hydrogen (secondary N) is 1. The van der Waals surface area contributed by atoms with Crippen LogP contribution in [-0.4, -0.2) is 28.8 Å². The van der Waals surface area contributed by atoms with Crippen molar-refractivity contribution in [3.63, 3.8) is 0 Å². The van der Waals surface area contributed by atoms with Gasteiger partial charge in [-0.05, 0) is 43.1 Å². The highest BCUT2D eigenvalue weighted by atomic mass is 16.5. The molecule has 0 saturated carbocycles. The van der Waals surface area contributed by atoms with Gasteiger partial charge in [0.05, 0.1) is 19.0 Å². The minimum atomic E-state index is 0.469. The van der Waals surface area contributed by atoms with Gasteiger partial charge in [-0.25, -0.2) is 4.98 Å². The van der Waals surface area contributed by atoms with E-state index in [4.69, 9.17) is 9.15 Å². The van der Waals surface area contributed by atoms with E-state index in [0.717, 1.165) is 31.0 Å². The summed E-state index contributed by atoms with van der Waals surface area (Å²) in [7, 11) is 1.63. The highest BCUT2D eigenvalue weighted by Gasteiger charge is 2.32. The van der Waals surface area contributed by atoms with Gasteiger partial charge in [-0.15, -0.1) is 10.2 Å². The molecule has 2 aromatic heterocycles. The minimum Gasteiger partial charge on any atom is -0.481 e. The molecule has 1 aliphatic rings. The summed E-state index contributed by atoms with van der Waals surface area (Å²) < 4.78 is 10.7. The Morgan fingerprint density at radius 3 is 2.67 bits per heavy atom. The molecule has 6 nitrogen and oxygen atoms in total. The zero-order chi connectivity index (χ0) is 19.4. The lowest BCUT2D eigenvalue weighted by atomic mass is 9.70. The maximum atomic E-state index is 5.60. The number of rotatable bonds is 7. The summed E-state index contributed by atoms with van der Waals surface area (Å²) >= 11 is 0. The number of aromatic nitrogens is 3. The number of nitrogens with zero attached hydrogens (tertiary/aromatic N) is 3. The number of aryl methyl sites for hydroxylation is 1. The van der Waals surface area contributed by atoms with Crippen molar-refractivity contribution in [2.45, 2.75) is 40.5 Å². The molecule has 1 N–H and O–H groups in total. The van der Waals surface area contributed by atoms with Gasteiger partial charge in [-0.1, -0.05) is 25.5 Å². The summed E-state index contributed by atoms with van der Waals surface area (Å²) in [6.45, 7) is 9.60. The van der Waals surface area contributed by atoms with Crippen molar-refractivity contribution in [1.29, 1.82) is 0 Å². The zero-order valence-corrected chi connectivity index (χ0v) is 16.9. The van der Waals surface area contributed by atoms with E-state index >= 15 is 0 Å². The maximum absolute atomic E-state index is 5.60. The topological polar surface area (TPSA) is 73.1 Å². The molecule has 0 saturated heterocycles. The van der Waals surface area contributed by atoms with E-state index in [1.807, 2.05) is 25.3 Å². The van der Waals surface area contributed by atoms with Crippen molar-refractivity contribution in [2.24, 2.45) is 23.7 Å². The van der Waals surface area contributed by atoms with Crippen molar-refractivity contribution in [1.82, 2.24) is 15.2 Å². The number of anilines is 1. The molecule has 0 spiro atoms. The summed E-state index contributed by atoms with van der Waals surface area (Å²) in [4.78, 5) is 4.27. The van der Waals surface area contributed by atoms with Crippen molar-refractivity contribution >= 4 is 5.69 Å². The van der Waals surface area contributed by atoms with Gasteiger partial charge in [-0.2, -0.15) is 0 Å². The van der Waals surface area contributed by atoms with Crippen LogP contribution in [0.3, 0.4) is 0 Å². The van der Waals surface area contributed by atoms with Crippen LogP contribution < -0.4 is 10.1 Å². The third-order valence-corrected chi connectivity index (χ3v) is 5.56. The van der Waals surface area contributed by atoms with Gasteiger partial charge in [-0.3, -0.25) is 0 Å². The van der Waals surface area contributed by atoms with E-state index in [0.29, 0.717) is 35.4 Å². The van der Waals surface area contributed by atoms with E-state index < -0.39 is 0 Å². The number of hydrogen-bond donors (Lipinski definition) is 1.